The van der Waals surface area contributed by atoms with Crippen molar-refractivity contribution in [2.75, 3.05) is 25.7 Å². The molecule has 9 nitrogen and oxygen atoms in total. The van der Waals surface area contributed by atoms with E-state index in [4.69, 9.17) is 9.47 Å². The summed E-state index contributed by atoms with van der Waals surface area (Å²) in [6, 6.07) is 5.54. The third-order valence-corrected chi connectivity index (χ3v) is 5.12. The van der Waals surface area contributed by atoms with E-state index in [1.807, 2.05) is 34.6 Å². The Bertz CT molecular complexity index is 1170. The molecule has 0 unspecified atom stereocenters. The average Bonchev–Trinajstić information content (AvgIpc) is 3.28. The molecule has 0 saturated carbocycles. The quantitative estimate of drug-likeness (QED) is 0.662. The Morgan fingerprint density at radius 1 is 1.14 bits per heavy atom. The van der Waals surface area contributed by atoms with Crippen LogP contribution in [0.5, 0.6) is 11.5 Å². The average molecular weight is 385 g/mol. The first kappa shape index (κ1) is 18.1. The molecule has 0 atom stereocenters. The molecule has 4 rings (SSSR count). The molecule has 1 aliphatic rings. The summed E-state index contributed by atoms with van der Waals surface area (Å²) in [4.78, 5) is 32.2. The van der Waals surface area contributed by atoms with Gasteiger partial charge >= 0.3 is 5.69 Å². The fraction of sp³-hybridized carbons (Fsp3) is 0.421. The van der Waals surface area contributed by atoms with Crippen molar-refractivity contribution < 1.29 is 9.47 Å². The number of aryl methyl sites for hydroxylation is 1. The highest BCUT2D eigenvalue weighted by Crippen LogP contribution is 2.39. The van der Waals surface area contributed by atoms with E-state index in [-0.39, 0.29) is 11.2 Å². The summed E-state index contributed by atoms with van der Waals surface area (Å²) in [7, 11) is 4.86. The van der Waals surface area contributed by atoms with Gasteiger partial charge in [0.2, 0.25) is 5.95 Å². The zero-order chi connectivity index (χ0) is 20.0. The van der Waals surface area contributed by atoms with Crippen molar-refractivity contribution in [2.45, 2.75) is 26.4 Å². The van der Waals surface area contributed by atoms with Crippen molar-refractivity contribution in [3.05, 3.63) is 39.0 Å². The standard InChI is InChI=1S/C19H23N5O4/c1-5-8-24-17(25)15-16(21(2)19(24)26)20-18-22(9-10-23(15)18)13-11-12(27-3)6-7-14(13)28-4/h6-7,11H,5,8-10H2,1-4H3. The van der Waals surface area contributed by atoms with Gasteiger partial charge in [0.25, 0.3) is 5.56 Å². The third-order valence-electron chi connectivity index (χ3n) is 5.12. The topological polar surface area (TPSA) is 83.5 Å². The minimum Gasteiger partial charge on any atom is -0.497 e. The summed E-state index contributed by atoms with van der Waals surface area (Å²) >= 11 is 0. The number of anilines is 2. The van der Waals surface area contributed by atoms with Gasteiger partial charge < -0.3 is 18.9 Å². The number of rotatable bonds is 5. The number of hydrogen-bond acceptors (Lipinski definition) is 6. The lowest BCUT2D eigenvalue weighted by Crippen LogP contribution is -2.39. The van der Waals surface area contributed by atoms with Crippen LogP contribution in [0.25, 0.3) is 11.2 Å². The second-order valence-electron chi connectivity index (χ2n) is 6.72. The number of aromatic nitrogens is 4. The van der Waals surface area contributed by atoms with Crippen molar-refractivity contribution in [1.82, 2.24) is 18.7 Å². The van der Waals surface area contributed by atoms with Gasteiger partial charge in [-0.2, -0.15) is 4.98 Å². The molecule has 0 N–H and O–H groups in total. The molecule has 1 aliphatic heterocycles. The van der Waals surface area contributed by atoms with Crippen LogP contribution in [0.3, 0.4) is 0 Å². The monoisotopic (exact) mass is 385 g/mol. The first-order chi connectivity index (χ1) is 13.5. The predicted molar refractivity (Wildman–Crippen MR) is 106 cm³/mol. The van der Waals surface area contributed by atoms with Crippen LogP contribution >= 0.6 is 0 Å². The number of ether oxygens (including phenoxy) is 2. The number of methoxy groups -OCH3 is 2. The minimum absolute atomic E-state index is 0.293. The summed E-state index contributed by atoms with van der Waals surface area (Å²) in [5, 5.41) is 0. The molecule has 0 fully saturated rings. The van der Waals surface area contributed by atoms with Crippen molar-refractivity contribution in [1.29, 1.82) is 0 Å². The number of nitrogens with zero attached hydrogens (tertiary/aromatic N) is 5. The van der Waals surface area contributed by atoms with E-state index in [9.17, 15) is 9.59 Å². The molecule has 28 heavy (non-hydrogen) atoms. The summed E-state index contributed by atoms with van der Waals surface area (Å²) in [5.41, 5.74) is 1.01. The maximum absolute atomic E-state index is 13.0. The molecule has 2 aromatic heterocycles. The fourth-order valence-corrected chi connectivity index (χ4v) is 3.73. The molecule has 3 aromatic rings. The normalized spacial score (nSPS) is 13.2. The summed E-state index contributed by atoms with van der Waals surface area (Å²) in [6.07, 6.45) is 0.703. The zero-order valence-electron chi connectivity index (χ0n) is 16.4. The minimum atomic E-state index is -0.346. The Balaban J connectivity index is 1.95. The van der Waals surface area contributed by atoms with Crippen LogP contribution in [0, 0.1) is 0 Å². The van der Waals surface area contributed by atoms with Crippen LogP contribution in [0.4, 0.5) is 11.6 Å². The number of fused-ring (bicyclic) bond motifs is 3. The first-order valence-corrected chi connectivity index (χ1v) is 9.21. The van der Waals surface area contributed by atoms with Crippen LogP contribution in [0.1, 0.15) is 13.3 Å². The molecule has 1 aromatic carbocycles. The van der Waals surface area contributed by atoms with E-state index in [2.05, 4.69) is 4.98 Å². The molecule has 3 heterocycles. The highest BCUT2D eigenvalue weighted by molar-refractivity contribution is 5.79. The summed E-state index contributed by atoms with van der Waals surface area (Å²) < 4.78 is 15.5. The van der Waals surface area contributed by atoms with Gasteiger partial charge in [0.1, 0.15) is 11.5 Å². The van der Waals surface area contributed by atoms with Crippen LogP contribution in [0.2, 0.25) is 0 Å². The van der Waals surface area contributed by atoms with Gasteiger partial charge in [-0.3, -0.25) is 13.9 Å². The predicted octanol–water partition coefficient (Wildman–Crippen LogP) is 1.48. The molecular weight excluding hydrogens is 362 g/mol. The first-order valence-electron chi connectivity index (χ1n) is 9.21. The smallest absolute Gasteiger partial charge is 0.332 e. The molecule has 0 aliphatic carbocycles. The van der Waals surface area contributed by atoms with Crippen molar-refractivity contribution in [3.8, 4) is 11.5 Å². The van der Waals surface area contributed by atoms with Gasteiger partial charge in [0, 0.05) is 32.7 Å². The van der Waals surface area contributed by atoms with Crippen molar-refractivity contribution in [2.24, 2.45) is 7.05 Å². The maximum Gasteiger partial charge on any atom is 0.332 e. The van der Waals surface area contributed by atoms with E-state index >= 15 is 0 Å². The van der Waals surface area contributed by atoms with Gasteiger partial charge in [-0.1, -0.05) is 6.92 Å². The Kier molecular flexibility index (Phi) is 4.37. The molecule has 0 bridgehead atoms. The third kappa shape index (κ3) is 2.49. The Labute approximate surface area is 161 Å². The second kappa shape index (κ2) is 6.74. The summed E-state index contributed by atoms with van der Waals surface area (Å²) in [5.74, 6) is 1.99. The molecule has 148 valence electrons. The van der Waals surface area contributed by atoms with E-state index in [1.165, 1.54) is 9.13 Å². The summed E-state index contributed by atoms with van der Waals surface area (Å²) in [6.45, 7) is 3.55. The van der Waals surface area contributed by atoms with Crippen molar-refractivity contribution in [3.63, 3.8) is 0 Å². The molecular formula is C19H23N5O4. The second-order valence-corrected chi connectivity index (χ2v) is 6.72. The molecule has 0 radical (unpaired) electrons. The van der Waals surface area contributed by atoms with E-state index in [0.717, 1.165) is 5.69 Å². The number of hydrogen-bond donors (Lipinski definition) is 0. The van der Waals surface area contributed by atoms with Crippen LogP contribution in [-0.4, -0.2) is 39.4 Å². The molecule has 0 spiro atoms. The SMILES string of the molecule is CCCn1c(=O)c2c(nc3n2CCN3c2cc(OC)ccc2OC)n(C)c1=O. The lowest BCUT2D eigenvalue weighted by atomic mass is 10.2. The maximum atomic E-state index is 13.0. The van der Waals surface area contributed by atoms with Crippen LogP contribution < -0.4 is 25.6 Å². The van der Waals surface area contributed by atoms with Gasteiger partial charge in [-0.25, -0.2) is 4.79 Å². The Hall–Kier alpha value is -3.23. The Morgan fingerprint density at radius 3 is 2.61 bits per heavy atom. The molecule has 9 heteroatoms. The van der Waals surface area contributed by atoms with Crippen LogP contribution in [0.15, 0.2) is 27.8 Å². The van der Waals surface area contributed by atoms with Gasteiger partial charge in [-0.05, 0) is 18.6 Å². The fourth-order valence-electron chi connectivity index (χ4n) is 3.73. The van der Waals surface area contributed by atoms with Gasteiger partial charge in [-0.15, -0.1) is 0 Å². The highest BCUT2D eigenvalue weighted by Gasteiger charge is 2.30. The van der Waals surface area contributed by atoms with Crippen LogP contribution in [-0.2, 0) is 20.1 Å². The highest BCUT2D eigenvalue weighted by atomic mass is 16.5. The van der Waals surface area contributed by atoms with E-state index in [1.54, 1.807) is 21.3 Å². The zero-order valence-corrected chi connectivity index (χ0v) is 16.4. The lowest BCUT2D eigenvalue weighted by molar-refractivity contribution is 0.403. The molecule has 0 saturated heterocycles. The molecule has 0 amide bonds. The number of imidazole rings is 1. The lowest BCUT2D eigenvalue weighted by Gasteiger charge is -2.19. The van der Waals surface area contributed by atoms with E-state index < -0.39 is 0 Å². The van der Waals surface area contributed by atoms with Gasteiger partial charge in [0.05, 0.1) is 19.9 Å². The largest absolute Gasteiger partial charge is 0.497 e. The van der Waals surface area contributed by atoms with E-state index in [0.29, 0.717) is 54.7 Å². The number of benzene rings is 1. The van der Waals surface area contributed by atoms with Crippen molar-refractivity contribution >= 4 is 22.8 Å². The Morgan fingerprint density at radius 2 is 1.93 bits per heavy atom. The van der Waals surface area contributed by atoms with Gasteiger partial charge in [0.15, 0.2) is 11.2 Å².